The van der Waals surface area contributed by atoms with Crippen molar-refractivity contribution in [1.29, 1.82) is 0 Å². The average Bonchev–Trinajstić information content (AvgIpc) is 3.60. The molecule has 11 rings (SSSR count). The lowest BCUT2D eigenvalue weighted by Crippen LogP contribution is -2.00. The molecule has 0 amide bonds. The second-order valence-corrected chi connectivity index (χ2v) is 14.4. The van der Waals surface area contributed by atoms with Crippen LogP contribution < -0.4 is 0 Å². The number of rotatable bonds is 6. The lowest BCUT2D eigenvalue weighted by molar-refractivity contribution is 1.07. The first-order valence-electron chi connectivity index (χ1n) is 19.0. The van der Waals surface area contributed by atoms with Crippen molar-refractivity contribution in [3.63, 3.8) is 0 Å². The van der Waals surface area contributed by atoms with Crippen molar-refractivity contribution in [2.75, 3.05) is 0 Å². The number of aromatic nitrogens is 3. The fraction of sp³-hybridized carbons (Fsp3) is 0. The van der Waals surface area contributed by atoms with Crippen LogP contribution in [0.2, 0.25) is 0 Å². The molecule has 0 saturated carbocycles. The molecular formula is C53H33N3. The summed E-state index contributed by atoms with van der Waals surface area (Å²) in [5, 5.41) is 5.06. The smallest absolute Gasteiger partial charge is 0.164 e. The number of fused-ring (bicyclic) bond motifs is 4. The fourth-order valence-electron chi connectivity index (χ4n) is 8.29. The van der Waals surface area contributed by atoms with E-state index in [9.17, 15) is 0 Å². The fourth-order valence-corrected chi connectivity index (χ4v) is 8.29. The standard InChI is InChI=1S/C53H33N3/c1-3-12-36(13-4-1)51-54-52(37-14-5-2-6-15-37)56-53(55-51)38-26-24-34(25-27-38)47-31-40-16-7-8-17-41(40)32-48(47)43-21-9-20-39(30-43)42-28-29-44-45-22-10-18-35-19-11-23-46(50(35)45)49(44)33-42/h1-33H. The van der Waals surface area contributed by atoms with Gasteiger partial charge in [-0.1, -0.05) is 176 Å². The van der Waals surface area contributed by atoms with Gasteiger partial charge in [0.1, 0.15) is 0 Å². The SMILES string of the molecule is c1ccc(-c2nc(-c3ccccc3)nc(-c3ccc(-c4cc5ccccc5cc4-c4cccc(-c5ccc6c(c5)-c5cccc7cccc-6c57)c4)cc3)n2)cc1. The molecule has 0 radical (unpaired) electrons. The summed E-state index contributed by atoms with van der Waals surface area (Å²) in [5.41, 5.74) is 15.2. The Balaban J connectivity index is 0.999. The third kappa shape index (κ3) is 5.49. The second kappa shape index (κ2) is 13.1. The van der Waals surface area contributed by atoms with Gasteiger partial charge in [-0.3, -0.25) is 0 Å². The van der Waals surface area contributed by atoms with E-state index in [2.05, 4.69) is 140 Å². The van der Waals surface area contributed by atoms with E-state index in [-0.39, 0.29) is 0 Å². The summed E-state index contributed by atoms with van der Waals surface area (Å²) in [5.74, 6) is 1.95. The Hall–Kier alpha value is -7.49. The molecule has 0 saturated heterocycles. The van der Waals surface area contributed by atoms with Gasteiger partial charge in [-0.25, -0.2) is 15.0 Å². The molecule has 0 spiro atoms. The van der Waals surface area contributed by atoms with Crippen molar-refractivity contribution in [3.05, 3.63) is 200 Å². The predicted octanol–water partition coefficient (Wildman–Crippen LogP) is 13.8. The van der Waals surface area contributed by atoms with Crippen molar-refractivity contribution in [3.8, 4) is 89.8 Å². The highest BCUT2D eigenvalue weighted by molar-refractivity contribution is 6.15. The van der Waals surface area contributed by atoms with Crippen molar-refractivity contribution in [1.82, 2.24) is 15.0 Å². The van der Waals surface area contributed by atoms with Gasteiger partial charge in [0, 0.05) is 16.7 Å². The van der Waals surface area contributed by atoms with Crippen LogP contribution in [0, 0.1) is 0 Å². The zero-order chi connectivity index (χ0) is 37.0. The summed E-state index contributed by atoms with van der Waals surface area (Å²) in [6.07, 6.45) is 0. The molecule has 1 aliphatic rings. The van der Waals surface area contributed by atoms with Gasteiger partial charge in [0.25, 0.3) is 0 Å². The maximum Gasteiger partial charge on any atom is 0.164 e. The van der Waals surface area contributed by atoms with Crippen molar-refractivity contribution >= 4 is 21.5 Å². The molecule has 1 aliphatic carbocycles. The summed E-state index contributed by atoms with van der Waals surface area (Å²) in [6.45, 7) is 0. The van der Waals surface area contributed by atoms with Crippen LogP contribution in [0.5, 0.6) is 0 Å². The Morgan fingerprint density at radius 3 is 1.27 bits per heavy atom. The molecule has 0 aliphatic heterocycles. The third-order valence-corrected chi connectivity index (χ3v) is 11.1. The normalized spacial score (nSPS) is 11.6. The lowest BCUT2D eigenvalue weighted by Gasteiger charge is -2.15. The van der Waals surface area contributed by atoms with Crippen molar-refractivity contribution < 1.29 is 0 Å². The molecule has 0 atom stereocenters. The largest absolute Gasteiger partial charge is 0.208 e. The van der Waals surface area contributed by atoms with Crippen LogP contribution in [0.1, 0.15) is 0 Å². The van der Waals surface area contributed by atoms with Crippen molar-refractivity contribution in [2.45, 2.75) is 0 Å². The summed E-state index contributed by atoms with van der Waals surface area (Å²) < 4.78 is 0. The molecular weight excluding hydrogens is 679 g/mol. The highest BCUT2D eigenvalue weighted by atomic mass is 15.0. The van der Waals surface area contributed by atoms with Crippen LogP contribution in [0.4, 0.5) is 0 Å². The predicted molar refractivity (Wildman–Crippen MR) is 232 cm³/mol. The van der Waals surface area contributed by atoms with Gasteiger partial charge in [-0.05, 0) is 101 Å². The lowest BCUT2D eigenvalue weighted by atomic mass is 9.89. The van der Waals surface area contributed by atoms with Gasteiger partial charge in [0.2, 0.25) is 0 Å². The van der Waals surface area contributed by atoms with E-state index in [0.717, 1.165) is 22.3 Å². The van der Waals surface area contributed by atoms with Gasteiger partial charge in [0.15, 0.2) is 17.5 Å². The molecule has 1 heterocycles. The van der Waals surface area contributed by atoms with E-state index >= 15 is 0 Å². The van der Waals surface area contributed by atoms with Gasteiger partial charge in [0.05, 0.1) is 0 Å². The number of hydrogen-bond acceptors (Lipinski definition) is 3. The van der Waals surface area contributed by atoms with Crippen LogP contribution in [0.3, 0.4) is 0 Å². The maximum absolute atomic E-state index is 4.97. The maximum atomic E-state index is 4.97. The molecule has 0 N–H and O–H groups in total. The van der Waals surface area contributed by atoms with Crippen molar-refractivity contribution in [2.24, 2.45) is 0 Å². The zero-order valence-electron chi connectivity index (χ0n) is 30.4. The van der Waals surface area contributed by atoms with Crippen LogP contribution in [-0.2, 0) is 0 Å². The van der Waals surface area contributed by atoms with Crippen LogP contribution in [0.25, 0.3) is 111 Å². The molecule has 0 bridgehead atoms. The Morgan fingerprint density at radius 1 is 0.214 bits per heavy atom. The Labute approximate surface area is 325 Å². The highest BCUT2D eigenvalue weighted by Crippen LogP contribution is 2.48. The molecule has 9 aromatic carbocycles. The minimum Gasteiger partial charge on any atom is -0.208 e. The first kappa shape index (κ1) is 32.0. The molecule has 3 heteroatoms. The van der Waals surface area contributed by atoms with E-state index in [1.807, 2.05) is 60.7 Å². The molecule has 260 valence electrons. The van der Waals surface area contributed by atoms with E-state index in [4.69, 9.17) is 15.0 Å². The quantitative estimate of drug-likeness (QED) is 0.172. The van der Waals surface area contributed by atoms with E-state index in [1.54, 1.807) is 0 Å². The average molecular weight is 712 g/mol. The van der Waals surface area contributed by atoms with Crippen LogP contribution in [0.15, 0.2) is 200 Å². The summed E-state index contributed by atoms with van der Waals surface area (Å²) >= 11 is 0. The number of nitrogens with zero attached hydrogens (tertiary/aromatic N) is 3. The van der Waals surface area contributed by atoms with Gasteiger partial charge in [-0.15, -0.1) is 0 Å². The summed E-state index contributed by atoms with van der Waals surface area (Å²) in [6, 6.07) is 71.3. The van der Waals surface area contributed by atoms with E-state index < -0.39 is 0 Å². The minimum absolute atomic E-state index is 0.643. The van der Waals surface area contributed by atoms with E-state index in [1.165, 1.54) is 71.6 Å². The Bertz CT molecular complexity index is 3050. The van der Waals surface area contributed by atoms with E-state index in [0.29, 0.717) is 17.5 Å². The molecule has 56 heavy (non-hydrogen) atoms. The first-order valence-corrected chi connectivity index (χ1v) is 19.0. The Morgan fingerprint density at radius 2 is 0.643 bits per heavy atom. The van der Waals surface area contributed by atoms with Gasteiger partial charge in [-0.2, -0.15) is 0 Å². The summed E-state index contributed by atoms with van der Waals surface area (Å²) in [4.78, 5) is 14.8. The topological polar surface area (TPSA) is 38.7 Å². The number of benzene rings is 9. The Kier molecular flexibility index (Phi) is 7.49. The van der Waals surface area contributed by atoms with Crippen LogP contribution in [-0.4, -0.2) is 15.0 Å². The zero-order valence-corrected chi connectivity index (χ0v) is 30.4. The molecule has 0 fully saturated rings. The molecule has 0 unspecified atom stereocenters. The number of hydrogen-bond donors (Lipinski definition) is 0. The monoisotopic (exact) mass is 711 g/mol. The molecule has 10 aromatic rings. The van der Waals surface area contributed by atoms with Gasteiger partial charge < -0.3 is 0 Å². The van der Waals surface area contributed by atoms with Gasteiger partial charge >= 0.3 is 0 Å². The first-order chi connectivity index (χ1) is 27.7. The van der Waals surface area contributed by atoms with Crippen LogP contribution >= 0.6 is 0 Å². The highest BCUT2D eigenvalue weighted by Gasteiger charge is 2.22. The second-order valence-electron chi connectivity index (χ2n) is 14.4. The molecule has 3 nitrogen and oxygen atoms in total. The molecule has 1 aromatic heterocycles. The summed E-state index contributed by atoms with van der Waals surface area (Å²) in [7, 11) is 0. The third-order valence-electron chi connectivity index (χ3n) is 11.1. The minimum atomic E-state index is 0.643.